The van der Waals surface area contributed by atoms with Gasteiger partial charge in [0.15, 0.2) is 11.6 Å². The van der Waals surface area contributed by atoms with Gasteiger partial charge in [0, 0.05) is 24.7 Å². The molecule has 5 nitrogen and oxygen atoms in total. The van der Waals surface area contributed by atoms with E-state index in [0.29, 0.717) is 12.0 Å². The molecule has 0 aliphatic heterocycles. The number of nitrogens with zero attached hydrogens (tertiary/aromatic N) is 1. The third-order valence-electron chi connectivity index (χ3n) is 4.30. The van der Waals surface area contributed by atoms with E-state index in [9.17, 15) is 23.5 Å². The maximum absolute atomic E-state index is 13.3. The summed E-state index contributed by atoms with van der Waals surface area (Å²) in [5.41, 5.74) is 1.29. The molecule has 7 heteroatoms. The molecule has 25 heavy (non-hydrogen) atoms. The zero-order valence-electron chi connectivity index (χ0n) is 13.2. The monoisotopic (exact) mass is 346 g/mol. The molecule has 130 valence electrons. The summed E-state index contributed by atoms with van der Waals surface area (Å²) in [6.45, 7) is 0. The van der Waals surface area contributed by atoms with Crippen molar-refractivity contribution in [2.45, 2.75) is 24.8 Å². The van der Waals surface area contributed by atoms with Gasteiger partial charge in [0.1, 0.15) is 6.04 Å². The quantitative estimate of drug-likeness (QED) is 0.841. The van der Waals surface area contributed by atoms with E-state index in [4.69, 9.17) is 0 Å². The van der Waals surface area contributed by atoms with Crippen LogP contribution in [0.3, 0.4) is 0 Å². The Kier molecular flexibility index (Phi) is 4.74. The lowest BCUT2D eigenvalue weighted by molar-refractivity contribution is -0.142. The number of hydrogen-bond donors (Lipinski definition) is 2. The highest BCUT2D eigenvalue weighted by Crippen LogP contribution is 2.47. The van der Waals surface area contributed by atoms with E-state index in [-0.39, 0.29) is 12.3 Å². The summed E-state index contributed by atoms with van der Waals surface area (Å²) in [6.07, 6.45) is 3.73. The van der Waals surface area contributed by atoms with Crippen molar-refractivity contribution in [3.05, 3.63) is 65.5 Å². The predicted molar refractivity (Wildman–Crippen MR) is 84.7 cm³/mol. The van der Waals surface area contributed by atoms with Crippen molar-refractivity contribution in [3.8, 4) is 0 Å². The van der Waals surface area contributed by atoms with E-state index in [1.54, 1.807) is 24.5 Å². The van der Waals surface area contributed by atoms with Gasteiger partial charge in [0.25, 0.3) is 0 Å². The number of carbonyl (C=O) groups is 2. The maximum Gasteiger partial charge on any atom is 0.326 e. The summed E-state index contributed by atoms with van der Waals surface area (Å²) >= 11 is 0. The minimum Gasteiger partial charge on any atom is -0.480 e. The number of aromatic nitrogens is 1. The second-order valence-electron chi connectivity index (χ2n) is 6.08. The van der Waals surface area contributed by atoms with Crippen LogP contribution in [0, 0.1) is 17.6 Å². The van der Waals surface area contributed by atoms with Crippen LogP contribution in [-0.4, -0.2) is 28.0 Å². The Morgan fingerprint density at radius 3 is 2.56 bits per heavy atom. The van der Waals surface area contributed by atoms with Crippen LogP contribution >= 0.6 is 0 Å². The molecule has 3 rings (SSSR count). The molecule has 1 heterocycles. The smallest absolute Gasteiger partial charge is 0.326 e. The fraction of sp³-hybridized carbons (Fsp3) is 0.278. The van der Waals surface area contributed by atoms with Crippen molar-refractivity contribution in [2.75, 3.05) is 0 Å². The topological polar surface area (TPSA) is 79.3 Å². The molecule has 1 aliphatic carbocycles. The number of carboxylic acid groups (broad SMARTS) is 1. The highest BCUT2D eigenvalue weighted by molar-refractivity contribution is 5.87. The largest absolute Gasteiger partial charge is 0.480 e. The SMILES string of the molecule is O=C(O)C(Cc1ccncc1)NC(=O)C1CC1c1ccc(F)c(F)c1. The van der Waals surface area contributed by atoms with E-state index in [1.165, 1.54) is 6.07 Å². The predicted octanol–water partition coefficient (Wildman–Crippen LogP) is 2.28. The highest BCUT2D eigenvalue weighted by atomic mass is 19.2. The second kappa shape index (κ2) is 6.96. The van der Waals surface area contributed by atoms with Gasteiger partial charge in [-0.25, -0.2) is 13.6 Å². The molecule has 1 aromatic heterocycles. The van der Waals surface area contributed by atoms with Crippen LogP contribution in [0.4, 0.5) is 8.78 Å². The lowest BCUT2D eigenvalue weighted by atomic mass is 10.1. The molecule has 0 saturated heterocycles. The van der Waals surface area contributed by atoms with Gasteiger partial charge in [0.2, 0.25) is 5.91 Å². The molecule has 0 bridgehead atoms. The number of benzene rings is 1. The van der Waals surface area contributed by atoms with Crippen molar-refractivity contribution >= 4 is 11.9 Å². The average molecular weight is 346 g/mol. The van der Waals surface area contributed by atoms with Crippen LogP contribution < -0.4 is 5.32 Å². The van der Waals surface area contributed by atoms with Gasteiger partial charge in [0.05, 0.1) is 0 Å². The van der Waals surface area contributed by atoms with Crippen molar-refractivity contribution in [2.24, 2.45) is 5.92 Å². The fourth-order valence-electron chi connectivity index (χ4n) is 2.83. The zero-order valence-corrected chi connectivity index (χ0v) is 13.2. The molecule has 0 radical (unpaired) electrons. The average Bonchev–Trinajstić information content (AvgIpc) is 3.38. The summed E-state index contributed by atoms with van der Waals surface area (Å²) < 4.78 is 26.3. The van der Waals surface area contributed by atoms with Gasteiger partial charge in [-0.1, -0.05) is 6.07 Å². The molecule has 1 saturated carbocycles. The molecular formula is C18H16F2N2O3. The van der Waals surface area contributed by atoms with Crippen molar-refractivity contribution < 1.29 is 23.5 Å². The number of pyridine rings is 1. The molecule has 1 aromatic carbocycles. The number of halogens is 2. The number of rotatable bonds is 6. The molecule has 1 fully saturated rings. The maximum atomic E-state index is 13.3. The molecule has 0 spiro atoms. The summed E-state index contributed by atoms with van der Waals surface area (Å²) in [5, 5.41) is 11.8. The van der Waals surface area contributed by atoms with Gasteiger partial charge in [-0.2, -0.15) is 0 Å². The Bertz CT molecular complexity index is 798. The van der Waals surface area contributed by atoms with Crippen LogP contribution in [-0.2, 0) is 16.0 Å². The first-order chi connectivity index (χ1) is 12.0. The zero-order chi connectivity index (χ0) is 18.0. The van der Waals surface area contributed by atoms with Gasteiger partial charge < -0.3 is 10.4 Å². The lowest BCUT2D eigenvalue weighted by Gasteiger charge is -2.14. The first-order valence-corrected chi connectivity index (χ1v) is 7.82. The molecule has 2 N–H and O–H groups in total. The normalized spacial score (nSPS) is 19.9. The Morgan fingerprint density at radius 1 is 1.20 bits per heavy atom. The third-order valence-corrected chi connectivity index (χ3v) is 4.30. The van der Waals surface area contributed by atoms with Crippen LogP contribution in [0.5, 0.6) is 0 Å². The highest BCUT2D eigenvalue weighted by Gasteiger charge is 2.45. The van der Waals surface area contributed by atoms with E-state index in [0.717, 1.165) is 17.7 Å². The Morgan fingerprint density at radius 2 is 1.92 bits per heavy atom. The Labute approximate surface area is 142 Å². The summed E-state index contributed by atoms with van der Waals surface area (Å²) in [5.74, 6) is -4.06. The first-order valence-electron chi connectivity index (χ1n) is 7.82. The summed E-state index contributed by atoms with van der Waals surface area (Å²) in [7, 11) is 0. The van der Waals surface area contributed by atoms with Gasteiger partial charge >= 0.3 is 5.97 Å². The van der Waals surface area contributed by atoms with Gasteiger partial charge in [-0.15, -0.1) is 0 Å². The Hall–Kier alpha value is -2.83. The van der Waals surface area contributed by atoms with Crippen LogP contribution in [0.2, 0.25) is 0 Å². The summed E-state index contributed by atoms with van der Waals surface area (Å²) in [4.78, 5) is 27.5. The van der Waals surface area contributed by atoms with Gasteiger partial charge in [-0.3, -0.25) is 9.78 Å². The number of carbonyl (C=O) groups excluding carboxylic acids is 1. The molecule has 3 unspecified atom stereocenters. The minimum absolute atomic E-state index is 0.145. The summed E-state index contributed by atoms with van der Waals surface area (Å²) in [6, 6.07) is 5.87. The van der Waals surface area contributed by atoms with Crippen LogP contribution in [0.15, 0.2) is 42.7 Å². The van der Waals surface area contributed by atoms with Gasteiger partial charge in [-0.05, 0) is 47.7 Å². The second-order valence-corrected chi connectivity index (χ2v) is 6.08. The van der Waals surface area contributed by atoms with Crippen molar-refractivity contribution in [1.82, 2.24) is 10.3 Å². The number of hydrogen-bond acceptors (Lipinski definition) is 3. The number of carboxylic acids is 1. The number of amides is 1. The molecule has 1 aliphatic rings. The minimum atomic E-state index is -1.13. The molecule has 1 amide bonds. The van der Waals surface area contributed by atoms with E-state index in [2.05, 4.69) is 10.3 Å². The number of aliphatic carboxylic acids is 1. The van der Waals surface area contributed by atoms with Crippen molar-refractivity contribution in [3.63, 3.8) is 0 Å². The van der Waals surface area contributed by atoms with E-state index >= 15 is 0 Å². The lowest BCUT2D eigenvalue weighted by Crippen LogP contribution is -2.43. The molecular weight excluding hydrogens is 330 g/mol. The fourth-order valence-corrected chi connectivity index (χ4v) is 2.83. The standard InChI is InChI=1S/C18H16F2N2O3/c19-14-2-1-11(8-15(14)20)12-9-13(12)17(23)22-16(18(24)25)7-10-3-5-21-6-4-10/h1-6,8,12-13,16H,7,9H2,(H,22,23)(H,24,25). The van der Waals surface area contributed by atoms with Crippen molar-refractivity contribution in [1.29, 1.82) is 0 Å². The number of nitrogens with one attached hydrogen (secondary N) is 1. The third kappa shape index (κ3) is 3.99. The van der Waals surface area contributed by atoms with Crippen LogP contribution in [0.1, 0.15) is 23.5 Å². The molecule has 2 aromatic rings. The van der Waals surface area contributed by atoms with E-state index < -0.39 is 35.5 Å². The van der Waals surface area contributed by atoms with Crippen LogP contribution in [0.25, 0.3) is 0 Å². The Balaban J connectivity index is 1.63. The van der Waals surface area contributed by atoms with E-state index in [1.807, 2.05) is 0 Å². The first kappa shape index (κ1) is 17.0. The molecule has 3 atom stereocenters.